The van der Waals surface area contributed by atoms with Gasteiger partial charge in [-0.15, -0.1) is 0 Å². The van der Waals surface area contributed by atoms with Crippen molar-refractivity contribution in [1.82, 2.24) is 10.6 Å². The first-order valence-electron chi connectivity index (χ1n) is 5.04. The maximum absolute atomic E-state index is 11.2. The van der Waals surface area contributed by atoms with Crippen molar-refractivity contribution < 1.29 is 24.2 Å². The molecule has 0 radical (unpaired) electrons. The van der Waals surface area contributed by atoms with Crippen molar-refractivity contribution >= 4 is 18.1 Å². The summed E-state index contributed by atoms with van der Waals surface area (Å²) in [6.45, 7) is 3.34. The Hall–Kier alpha value is -1.99. The Morgan fingerprint density at radius 1 is 1.35 bits per heavy atom. The van der Waals surface area contributed by atoms with Crippen LogP contribution in [0.2, 0.25) is 0 Å². The minimum atomic E-state index is -1.11. The molecule has 0 aliphatic heterocycles. The van der Waals surface area contributed by atoms with Crippen molar-refractivity contribution in [2.75, 3.05) is 13.2 Å². The van der Waals surface area contributed by atoms with E-state index in [4.69, 9.17) is 10.8 Å². The average Bonchev–Trinajstić information content (AvgIpc) is 2.19. The summed E-state index contributed by atoms with van der Waals surface area (Å²) in [4.78, 5) is 32.2. The smallest absolute Gasteiger partial charge is 0.404 e. The van der Waals surface area contributed by atoms with E-state index in [1.54, 1.807) is 13.8 Å². The Bertz CT molecular complexity index is 292. The van der Waals surface area contributed by atoms with Gasteiger partial charge in [0.25, 0.3) is 0 Å². The second-order valence-electron chi connectivity index (χ2n) is 3.63. The molecule has 0 heterocycles. The Morgan fingerprint density at radius 3 is 2.35 bits per heavy atom. The summed E-state index contributed by atoms with van der Waals surface area (Å²) in [6.07, 6.45) is -0.933. The summed E-state index contributed by atoms with van der Waals surface area (Å²) < 4.78 is 4.37. The highest BCUT2D eigenvalue weighted by molar-refractivity contribution is 5.82. The number of rotatable bonds is 6. The predicted octanol–water partition coefficient (Wildman–Crippen LogP) is -0.510. The van der Waals surface area contributed by atoms with E-state index in [1.165, 1.54) is 0 Å². The van der Waals surface area contributed by atoms with Gasteiger partial charge in [0.2, 0.25) is 0 Å². The fraction of sp³-hybridized carbons (Fsp3) is 0.667. The van der Waals surface area contributed by atoms with Crippen molar-refractivity contribution in [3.63, 3.8) is 0 Å². The number of aliphatic carboxylic acids is 1. The monoisotopic (exact) mass is 247 g/mol. The molecule has 0 aromatic heterocycles. The van der Waals surface area contributed by atoms with E-state index >= 15 is 0 Å². The molecule has 17 heavy (non-hydrogen) atoms. The molecule has 5 N–H and O–H groups in total. The number of hydrogen-bond donors (Lipinski definition) is 4. The molecule has 0 rings (SSSR count). The van der Waals surface area contributed by atoms with Crippen molar-refractivity contribution in [3.05, 3.63) is 0 Å². The highest BCUT2D eigenvalue weighted by Crippen LogP contribution is 2.00. The quantitative estimate of drug-likeness (QED) is 0.469. The van der Waals surface area contributed by atoms with Crippen LogP contribution in [-0.4, -0.2) is 42.4 Å². The summed E-state index contributed by atoms with van der Waals surface area (Å²) in [5, 5.41) is 13.4. The molecule has 0 aliphatic rings. The zero-order valence-electron chi connectivity index (χ0n) is 9.73. The molecule has 0 saturated heterocycles. The van der Waals surface area contributed by atoms with Crippen LogP contribution in [0, 0.1) is 5.92 Å². The van der Waals surface area contributed by atoms with Crippen molar-refractivity contribution in [2.45, 2.75) is 19.9 Å². The van der Waals surface area contributed by atoms with E-state index in [-0.39, 0.29) is 19.1 Å². The summed E-state index contributed by atoms with van der Waals surface area (Å²) in [5.74, 6) is -1.34. The Morgan fingerprint density at radius 2 is 1.94 bits per heavy atom. The van der Waals surface area contributed by atoms with E-state index in [9.17, 15) is 14.4 Å². The van der Waals surface area contributed by atoms with E-state index in [0.717, 1.165) is 0 Å². The van der Waals surface area contributed by atoms with Crippen LogP contribution in [0.3, 0.4) is 0 Å². The number of ether oxygens (including phenoxy) is 1. The van der Waals surface area contributed by atoms with Crippen LogP contribution in [0.4, 0.5) is 9.59 Å². The fourth-order valence-corrected chi connectivity index (χ4v) is 1.02. The molecule has 0 fully saturated rings. The van der Waals surface area contributed by atoms with Gasteiger partial charge in [-0.1, -0.05) is 13.8 Å². The van der Waals surface area contributed by atoms with Crippen LogP contribution in [0.5, 0.6) is 0 Å². The number of urea groups is 1. The average molecular weight is 247 g/mol. The number of carbonyl (C=O) groups excluding carboxylic acids is 2. The first-order chi connectivity index (χ1) is 7.84. The van der Waals surface area contributed by atoms with Gasteiger partial charge in [-0.25, -0.2) is 14.4 Å². The standard InChI is InChI=1S/C9H17N3O5/c1-5(2)6(7(13)14)12-9(16)11-3-4-17-8(10)15/h5-6H,3-4H2,1-2H3,(H2,10,15)(H,13,14)(H2,11,12,16). The summed E-state index contributed by atoms with van der Waals surface area (Å²) in [7, 11) is 0. The molecule has 0 aromatic carbocycles. The lowest BCUT2D eigenvalue weighted by molar-refractivity contribution is -0.140. The Labute approximate surface area is 98.5 Å². The highest BCUT2D eigenvalue weighted by atomic mass is 16.5. The number of carboxylic acids is 1. The summed E-state index contributed by atoms with van der Waals surface area (Å²) in [5.41, 5.74) is 4.70. The van der Waals surface area contributed by atoms with E-state index in [1.807, 2.05) is 0 Å². The molecule has 8 nitrogen and oxygen atoms in total. The van der Waals surface area contributed by atoms with Gasteiger partial charge in [0, 0.05) is 0 Å². The van der Waals surface area contributed by atoms with E-state index in [2.05, 4.69) is 15.4 Å². The van der Waals surface area contributed by atoms with Gasteiger partial charge in [-0.05, 0) is 5.92 Å². The summed E-state index contributed by atoms with van der Waals surface area (Å²) in [6, 6.07) is -1.61. The Kier molecular flexibility index (Phi) is 6.46. The SMILES string of the molecule is CC(C)C(NC(=O)NCCOC(N)=O)C(=O)O. The zero-order valence-corrected chi connectivity index (χ0v) is 9.73. The molecule has 1 unspecified atom stereocenters. The topological polar surface area (TPSA) is 131 Å². The summed E-state index contributed by atoms with van der Waals surface area (Å²) >= 11 is 0. The van der Waals surface area contributed by atoms with Gasteiger partial charge in [0.1, 0.15) is 12.6 Å². The molecule has 0 bridgehead atoms. The lowest BCUT2D eigenvalue weighted by Crippen LogP contribution is -2.49. The molecular formula is C9H17N3O5. The maximum atomic E-state index is 11.2. The molecule has 0 saturated carbocycles. The zero-order chi connectivity index (χ0) is 13.4. The number of carbonyl (C=O) groups is 3. The van der Waals surface area contributed by atoms with Crippen LogP contribution >= 0.6 is 0 Å². The molecular weight excluding hydrogens is 230 g/mol. The van der Waals surface area contributed by atoms with Gasteiger partial charge < -0.3 is 26.2 Å². The number of hydrogen-bond acceptors (Lipinski definition) is 4. The molecule has 0 aliphatic carbocycles. The molecule has 98 valence electrons. The second-order valence-corrected chi connectivity index (χ2v) is 3.63. The molecule has 8 heteroatoms. The van der Waals surface area contributed by atoms with Gasteiger partial charge >= 0.3 is 18.1 Å². The van der Waals surface area contributed by atoms with Crippen LogP contribution in [0.1, 0.15) is 13.8 Å². The van der Waals surface area contributed by atoms with E-state index < -0.39 is 24.1 Å². The van der Waals surface area contributed by atoms with Crippen LogP contribution < -0.4 is 16.4 Å². The van der Waals surface area contributed by atoms with Crippen molar-refractivity contribution in [1.29, 1.82) is 0 Å². The van der Waals surface area contributed by atoms with Crippen LogP contribution in [0.25, 0.3) is 0 Å². The van der Waals surface area contributed by atoms with Gasteiger partial charge in [-0.3, -0.25) is 0 Å². The minimum absolute atomic E-state index is 0.0548. The third kappa shape index (κ3) is 6.98. The normalized spacial score (nSPS) is 11.7. The van der Waals surface area contributed by atoms with Crippen LogP contribution in [0.15, 0.2) is 0 Å². The molecule has 0 aromatic rings. The minimum Gasteiger partial charge on any atom is -0.480 e. The lowest BCUT2D eigenvalue weighted by Gasteiger charge is -2.18. The number of primary amides is 1. The Balaban J connectivity index is 3.91. The number of nitrogens with one attached hydrogen (secondary N) is 2. The number of carboxylic acid groups (broad SMARTS) is 1. The van der Waals surface area contributed by atoms with Gasteiger partial charge in [0.15, 0.2) is 0 Å². The number of amides is 3. The largest absolute Gasteiger partial charge is 0.480 e. The fourth-order valence-electron chi connectivity index (χ4n) is 1.02. The van der Waals surface area contributed by atoms with Crippen LogP contribution in [-0.2, 0) is 9.53 Å². The van der Waals surface area contributed by atoms with E-state index in [0.29, 0.717) is 0 Å². The lowest BCUT2D eigenvalue weighted by atomic mass is 10.1. The molecule has 1 atom stereocenters. The molecule has 0 spiro atoms. The maximum Gasteiger partial charge on any atom is 0.404 e. The second kappa shape index (κ2) is 7.31. The van der Waals surface area contributed by atoms with Gasteiger partial charge in [-0.2, -0.15) is 0 Å². The van der Waals surface area contributed by atoms with Crippen molar-refractivity contribution in [2.24, 2.45) is 11.7 Å². The first-order valence-corrected chi connectivity index (χ1v) is 5.04. The van der Waals surface area contributed by atoms with Crippen molar-refractivity contribution in [3.8, 4) is 0 Å². The highest BCUT2D eigenvalue weighted by Gasteiger charge is 2.22. The number of nitrogens with two attached hydrogens (primary N) is 1. The molecule has 3 amide bonds. The first kappa shape index (κ1) is 15.0. The third-order valence-electron chi connectivity index (χ3n) is 1.85. The third-order valence-corrected chi connectivity index (χ3v) is 1.85. The predicted molar refractivity (Wildman–Crippen MR) is 58.3 cm³/mol. The van der Waals surface area contributed by atoms with Gasteiger partial charge in [0.05, 0.1) is 6.54 Å².